The molecule has 0 unspecified atom stereocenters. The lowest BCUT2D eigenvalue weighted by atomic mass is 10.0. The molecule has 2 aromatic carbocycles. The number of rotatable bonds is 3. The molecule has 1 fully saturated rings. The molecule has 7 nitrogen and oxygen atoms in total. The van der Waals surface area contributed by atoms with E-state index in [4.69, 9.17) is 16.3 Å². The summed E-state index contributed by atoms with van der Waals surface area (Å²) in [6.07, 6.45) is -0.934. The Morgan fingerprint density at radius 3 is 2.75 bits per heavy atom. The highest BCUT2D eigenvalue weighted by molar-refractivity contribution is 6.30. The number of H-pyrrole nitrogens is 1. The Kier molecular flexibility index (Phi) is 5.02. The summed E-state index contributed by atoms with van der Waals surface area (Å²) in [6.45, 7) is 0.524. The number of carbonyl (C=O) groups excluding carboxylic acids is 1. The van der Waals surface area contributed by atoms with Crippen LogP contribution < -0.4 is 10.3 Å². The number of hydrogen-bond donors (Lipinski definition) is 2. The zero-order valence-electron chi connectivity index (χ0n) is 14.8. The van der Waals surface area contributed by atoms with Crippen molar-refractivity contribution in [2.45, 2.75) is 18.6 Å². The quantitative estimate of drug-likeness (QED) is 0.704. The Balaban J connectivity index is 1.54. The van der Waals surface area contributed by atoms with Crippen molar-refractivity contribution in [2.24, 2.45) is 0 Å². The first-order valence-corrected chi connectivity index (χ1v) is 9.28. The summed E-state index contributed by atoms with van der Waals surface area (Å²) in [6, 6.07) is 13.6. The summed E-state index contributed by atoms with van der Waals surface area (Å²) in [5.74, 6) is 0.129. The summed E-state index contributed by atoms with van der Waals surface area (Å²) in [4.78, 5) is 33.5. The van der Waals surface area contributed by atoms with E-state index in [1.54, 1.807) is 48.5 Å². The smallest absolute Gasteiger partial charge is 0.289 e. The molecule has 1 amide bonds. The first-order chi connectivity index (χ1) is 13.5. The van der Waals surface area contributed by atoms with Crippen LogP contribution in [0.15, 0.2) is 53.3 Å². The van der Waals surface area contributed by atoms with Gasteiger partial charge in [0.25, 0.3) is 11.5 Å². The standard InChI is InChI=1S/C20H18ClN3O4/c21-12-5-7-13(8-6-12)28-17-11-24(10-9-16(17)25)20(27)18-22-15-4-2-1-3-14(15)19(26)23-18/h1-8,16-17,25H,9-11H2,(H,22,23,26)/t16-,17-/m1/s1. The summed E-state index contributed by atoms with van der Waals surface area (Å²) in [5, 5.41) is 11.3. The van der Waals surface area contributed by atoms with Crippen molar-refractivity contribution < 1.29 is 14.6 Å². The lowest BCUT2D eigenvalue weighted by molar-refractivity contribution is -0.0195. The number of aromatic amines is 1. The van der Waals surface area contributed by atoms with Crippen LogP contribution in [0, 0.1) is 0 Å². The lowest BCUT2D eigenvalue weighted by Crippen LogP contribution is -2.51. The van der Waals surface area contributed by atoms with E-state index >= 15 is 0 Å². The van der Waals surface area contributed by atoms with Gasteiger partial charge in [-0.15, -0.1) is 0 Å². The van der Waals surface area contributed by atoms with Crippen LogP contribution in [0.4, 0.5) is 0 Å². The van der Waals surface area contributed by atoms with Gasteiger partial charge in [-0.1, -0.05) is 23.7 Å². The zero-order valence-corrected chi connectivity index (χ0v) is 15.6. The van der Waals surface area contributed by atoms with Crippen molar-refractivity contribution in [1.82, 2.24) is 14.9 Å². The topological polar surface area (TPSA) is 95.5 Å². The summed E-state index contributed by atoms with van der Waals surface area (Å²) < 4.78 is 5.84. The Hall–Kier alpha value is -2.90. The van der Waals surface area contributed by atoms with Gasteiger partial charge in [0.15, 0.2) is 5.82 Å². The molecule has 3 aromatic rings. The molecular weight excluding hydrogens is 382 g/mol. The van der Waals surface area contributed by atoms with Crippen LogP contribution in [0.2, 0.25) is 5.02 Å². The maximum Gasteiger partial charge on any atom is 0.289 e. The van der Waals surface area contributed by atoms with Crippen molar-refractivity contribution in [3.8, 4) is 5.75 Å². The van der Waals surface area contributed by atoms with Gasteiger partial charge >= 0.3 is 0 Å². The number of benzene rings is 2. The number of aliphatic hydroxyl groups is 1. The second kappa shape index (κ2) is 7.61. The fourth-order valence-corrected chi connectivity index (χ4v) is 3.36. The second-order valence-corrected chi connectivity index (χ2v) is 7.09. The minimum Gasteiger partial charge on any atom is -0.486 e. The van der Waals surface area contributed by atoms with Crippen LogP contribution in [-0.2, 0) is 0 Å². The molecule has 1 aliphatic heterocycles. The third-order valence-electron chi connectivity index (χ3n) is 4.73. The average Bonchev–Trinajstić information content (AvgIpc) is 2.71. The van der Waals surface area contributed by atoms with E-state index in [2.05, 4.69) is 9.97 Å². The number of carbonyl (C=O) groups is 1. The Morgan fingerprint density at radius 1 is 1.21 bits per heavy atom. The molecule has 2 heterocycles. The van der Waals surface area contributed by atoms with Crippen LogP contribution in [0.5, 0.6) is 5.75 Å². The molecule has 1 aliphatic rings. The molecule has 0 spiro atoms. The molecule has 1 aromatic heterocycles. The number of amides is 1. The number of halogens is 1. The first-order valence-electron chi connectivity index (χ1n) is 8.90. The number of likely N-dealkylation sites (tertiary alicyclic amines) is 1. The maximum atomic E-state index is 12.9. The summed E-state index contributed by atoms with van der Waals surface area (Å²) in [5.41, 5.74) is 0.0977. The van der Waals surface area contributed by atoms with Crippen molar-refractivity contribution in [3.05, 3.63) is 69.7 Å². The molecule has 28 heavy (non-hydrogen) atoms. The number of aromatic nitrogens is 2. The van der Waals surface area contributed by atoms with Gasteiger partial charge in [-0.05, 0) is 42.8 Å². The number of ether oxygens (including phenoxy) is 1. The highest BCUT2D eigenvalue weighted by Crippen LogP contribution is 2.22. The minimum atomic E-state index is -0.705. The summed E-state index contributed by atoms with van der Waals surface area (Å²) >= 11 is 5.88. The van der Waals surface area contributed by atoms with Crippen LogP contribution in [0.3, 0.4) is 0 Å². The number of hydrogen-bond acceptors (Lipinski definition) is 5. The molecule has 144 valence electrons. The molecule has 0 aliphatic carbocycles. The molecule has 0 bridgehead atoms. The van der Waals surface area contributed by atoms with Gasteiger partial charge in [0.1, 0.15) is 11.9 Å². The number of para-hydroxylation sites is 1. The van der Waals surface area contributed by atoms with E-state index in [1.165, 1.54) is 4.90 Å². The zero-order chi connectivity index (χ0) is 19.7. The molecule has 1 saturated heterocycles. The van der Waals surface area contributed by atoms with E-state index in [1.807, 2.05) is 0 Å². The molecule has 8 heteroatoms. The SMILES string of the molecule is O=C(c1nc2ccccc2c(=O)[nH]1)N1CC[C@@H](O)[C@H](Oc2ccc(Cl)cc2)C1. The van der Waals surface area contributed by atoms with Gasteiger partial charge < -0.3 is 19.7 Å². The molecule has 0 radical (unpaired) electrons. The number of fused-ring (bicyclic) bond motifs is 1. The number of piperidine rings is 1. The molecule has 2 N–H and O–H groups in total. The third-order valence-corrected chi connectivity index (χ3v) is 4.98. The van der Waals surface area contributed by atoms with E-state index in [0.29, 0.717) is 34.6 Å². The molecule has 2 atom stereocenters. The van der Waals surface area contributed by atoms with Crippen molar-refractivity contribution in [3.63, 3.8) is 0 Å². The average molecular weight is 400 g/mol. The van der Waals surface area contributed by atoms with E-state index < -0.39 is 18.1 Å². The van der Waals surface area contributed by atoms with Crippen molar-refractivity contribution in [1.29, 1.82) is 0 Å². The van der Waals surface area contributed by atoms with Gasteiger partial charge in [-0.3, -0.25) is 9.59 Å². The molecule has 4 rings (SSSR count). The van der Waals surface area contributed by atoms with Gasteiger partial charge in [-0.2, -0.15) is 0 Å². The first kappa shape index (κ1) is 18.5. The normalized spacial score (nSPS) is 19.6. The predicted molar refractivity (Wildman–Crippen MR) is 105 cm³/mol. The highest BCUT2D eigenvalue weighted by atomic mass is 35.5. The maximum absolute atomic E-state index is 12.9. The van der Waals surface area contributed by atoms with Crippen LogP contribution >= 0.6 is 11.6 Å². The number of aliphatic hydroxyl groups excluding tert-OH is 1. The molecular formula is C20H18ClN3O4. The van der Waals surface area contributed by atoms with Crippen molar-refractivity contribution in [2.75, 3.05) is 13.1 Å². The monoisotopic (exact) mass is 399 g/mol. The Labute approximate surface area is 165 Å². The Morgan fingerprint density at radius 2 is 1.96 bits per heavy atom. The second-order valence-electron chi connectivity index (χ2n) is 6.65. The molecule has 0 saturated carbocycles. The van der Waals surface area contributed by atoms with Crippen LogP contribution in [0.1, 0.15) is 17.0 Å². The highest BCUT2D eigenvalue weighted by Gasteiger charge is 2.33. The largest absolute Gasteiger partial charge is 0.486 e. The third kappa shape index (κ3) is 3.72. The van der Waals surface area contributed by atoms with Gasteiger partial charge in [-0.25, -0.2) is 4.98 Å². The number of nitrogens with one attached hydrogen (secondary N) is 1. The van der Waals surface area contributed by atoms with Crippen molar-refractivity contribution >= 4 is 28.4 Å². The lowest BCUT2D eigenvalue weighted by Gasteiger charge is -2.35. The van der Waals surface area contributed by atoms with E-state index in [0.717, 1.165) is 0 Å². The van der Waals surface area contributed by atoms with E-state index in [9.17, 15) is 14.7 Å². The number of nitrogens with zero attached hydrogens (tertiary/aromatic N) is 2. The van der Waals surface area contributed by atoms with Gasteiger partial charge in [0, 0.05) is 11.6 Å². The fraction of sp³-hybridized carbons (Fsp3) is 0.250. The van der Waals surface area contributed by atoms with Crippen LogP contribution in [-0.4, -0.2) is 51.2 Å². The van der Waals surface area contributed by atoms with Gasteiger partial charge in [0.05, 0.1) is 23.6 Å². The Bertz CT molecular complexity index is 1070. The predicted octanol–water partition coefficient (Wildman–Crippen LogP) is 2.23. The fourth-order valence-electron chi connectivity index (χ4n) is 3.23. The van der Waals surface area contributed by atoms with Crippen LogP contribution in [0.25, 0.3) is 10.9 Å². The van der Waals surface area contributed by atoms with Gasteiger partial charge in [0.2, 0.25) is 0 Å². The minimum absolute atomic E-state index is 0.0228. The van der Waals surface area contributed by atoms with E-state index in [-0.39, 0.29) is 17.9 Å². The summed E-state index contributed by atoms with van der Waals surface area (Å²) in [7, 11) is 0.